The maximum atomic E-state index is 13.4. The highest BCUT2D eigenvalue weighted by molar-refractivity contribution is 7.89. The smallest absolute Gasteiger partial charge is 0.306 e. The van der Waals surface area contributed by atoms with E-state index in [-0.39, 0.29) is 12.1 Å². The van der Waals surface area contributed by atoms with Gasteiger partial charge in [-0.15, -0.1) is 0 Å². The summed E-state index contributed by atoms with van der Waals surface area (Å²) in [4.78, 5) is 7.88. The first kappa shape index (κ1) is 17.3. The minimum atomic E-state index is -4.84. The molecule has 0 atom stereocenters. The Labute approximate surface area is 115 Å². The number of alkyl halides is 2. The molecule has 0 aliphatic carbocycles. The fourth-order valence-electron chi connectivity index (χ4n) is 1.21. The average molecular weight is 331 g/mol. The Morgan fingerprint density at radius 2 is 1.86 bits per heavy atom. The van der Waals surface area contributed by atoms with Gasteiger partial charge in [-0.05, 0) is 0 Å². The van der Waals surface area contributed by atoms with E-state index in [4.69, 9.17) is 5.73 Å². The van der Waals surface area contributed by atoms with Crippen molar-refractivity contribution in [3.05, 3.63) is 33.9 Å². The van der Waals surface area contributed by atoms with Gasteiger partial charge in [0.1, 0.15) is 10.7 Å². The van der Waals surface area contributed by atoms with E-state index in [1.807, 2.05) is 0 Å². The van der Waals surface area contributed by atoms with Crippen molar-refractivity contribution in [3.63, 3.8) is 0 Å². The Hall–Kier alpha value is -1.79. The third-order valence-corrected chi connectivity index (χ3v) is 3.72. The van der Waals surface area contributed by atoms with Gasteiger partial charge in [0.15, 0.2) is 0 Å². The van der Waals surface area contributed by atoms with E-state index in [0.717, 1.165) is 0 Å². The first-order chi connectivity index (χ1) is 9.50. The molecule has 0 amide bonds. The molecule has 0 heterocycles. The lowest BCUT2D eigenvalue weighted by molar-refractivity contribution is -0.387. The normalized spacial score (nSPS) is 12.4. The lowest BCUT2D eigenvalue weighted by Crippen LogP contribution is -2.41. The molecule has 0 aliphatic rings. The predicted molar refractivity (Wildman–Crippen MR) is 62.2 cm³/mol. The summed E-state index contributed by atoms with van der Waals surface area (Å²) in [5.41, 5.74) is 3.39. The molecular formula is C9H9F4N3O4S. The van der Waals surface area contributed by atoms with E-state index in [2.05, 4.69) is 0 Å². The van der Waals surface area contributed by atoms with E-state index in [9.17, 15) is 36.1 Å². The SMILES string of the molecule is NCC(F)(F)CNS(=O)(=O)c1cc([N+](=O)[O-])c(F)cc1F. The van der Waals surface area contributed by atoms with Crippen molar-refractivity contribution in [1.82, 2.24) is 4.72 Å². The van der Waals surface area contributed by atoms with Crippen LogP contribution < -0.4 is 10.5 Å². The maximum absolute atomic E-state index is 13.4. The first-order valence-electron chi connectivity index (χ1n) is 5.21. The number of nitrogens with one attached hydrogen (secondary N) is 1. The van der Waals surface area contributed by atoms with Crippen molar-refractivity contribution in [1.29, 1.82) is 0 Å². The molecule has 1 aromatic rings. The Morgan fingerprint density at radius 3 is 2.33 bits per heavy atom. The second kappa shape index (κ2) is 5.91. The summed E-state index contributed by atoms with van der Waals surface area (Å²) in [6.45, 7) is -2.60. The van der Waals surface area contributed by atoms with Gasteiger partial charge < -0.3 is 5.73 Å². The van der Waals surface area contributed by atoms with Crippen LogP contribution in [-0.2, 0) is 10.0 Å². The summed E-state index contributed by atoms with van der Waals surface area (Å²) >= 11 is 0. The van der Waals surface area contributed by atoms with Gasteiger partial charge in [0.05, 0.1) is 18.0 Å². The maximum Gasteiger partial charge on any atom is 0.306 e. The fraction of sp³-hybridized carbons (Fsp3) is 0.333. The van der Waals surface area contributed by atoms with Crippen LogP contribution >= 0.6 is 0 Å². The monoisotopic (exact) mass is 331 g/mol. The quantitative estimate of drug-likeness (QED) is 0.453. The molecule has 0 aliphatic heterocycles. The molecule has 0 saturated carbocycles. The Bertz CT molecular complexity index is 665. The van der Waals surface area contributed by atoms with Crippen molar-refractivity contribution < 1.29 is 30.9 Å². The molecule has 3 N–H and O–H groups in total. The topological polar surface area (TPSA) is 115 Å². The fourth-order valence-corrected chi connectivity index (χ4v) is 2.35. The van der Waals surface area contributed by atoms with Gasteiger partial charge in [-0.1, -0.05) is 0 Å². The first-order valence-corrected chi connectivity index (χ1v) is 6.69. The van der Waals surface area contributed by atoms with Crippen LogP contribution in [0.15, 0.2) is 17.0 Å². The number of nitro groups is 1. The van der Waals surface area contributed by atoms with Gasteiger partial charge >= 0.3 is 5.69 Å². The number of benzene rings is 1. The highest BCUT2D eigenvalue weighted by atomic mass is 32.2. The van der Waals surface area contributed by atoms with E-state index in [1.165, 1.54) is 4.72 Å². The molecular weight excluding hydrogens is 322 g/mol. The number of hydrogen-bond donors (Lipinski definition) is 2. The Kier molecular flexibility index (Phi) is 4.86. The second-order valence-corrected chi connectivity index (χ2v) is 5.61. The van der Waals surface area contributed by atoms with Crippen molar-refractivity contribution >= 4 is 15.7 Å². The molecule has 0 aromatic heterocycles. The zero-order chi connectivity index (χ0) is 16.4. The third-order valence-electron chi connectivity index (χ3n) is 2.31. The number of sulfonamides is 1. The van der Waals surface area contributed by atoms with E-state index >= 15 is 0 Å². The minimum Gasteiger partial charge on any atom is -0.325 e. The van der Waals surface area contributed by atoms with Gasteiger partial charge in [-0.25, -0.2) is 26.3 Å². The molecule has 7 nitrogen and oxygen atoms in total. The summed E-state index contributed by atoms with van der Waals surface area (Å²) in [6.07, 6.45) is 0. The second-order valence-electron chi connectivity index (χ2n) is 3.88. The molecule has 0 unspecified atom stereocenters. The number of hydrogen-bond acceptors (Lipinski definition) is 5. The summed E-state index contributed by atoms with van der Waals surface area (Å²) in [5.74, 6) is -6.83. The zero-order valence-corrected chi connectivity index (χ0v) is 11.0. The molecule has 0 bridgehead atoms. The summed E-state index contributed by atoms with van der Waals surface area (Å²) in [5, 5.41) is 10.5. The number of rotatable bonds is 6. The van der Waals surface area contributed by atoms with Crippen LogP contribution in [0.5, 0.6) is 0 Å². The van der Waals surface area contributed by atoms with Gasteiger partial charge in [-0.2, -0.15) is 4.39 Å². The van der Waals surface area contributed by atoms with Crippen molar-refractivity contribution in [2.45, 2.75) is 10.8 Å². The van der Waals surface area contributed by atoms with Crippen molar-refractivity contribution in [3.8, 4) is 0 Å². The van der Waals surface area contributed by atoms with Crippen LogP contribution in [0.3, 0.4) is 0 Å². The van der Waals surface area contributed by atoms with Crippen molar-refractivity contribution in [2.75, 3.05) is 13.1 Å². The summed E-state index contributed by atoms with van der Waals surface area (Å²) < 4.78 is 76.8. The van der Waals surface area contributed by atoms with Crippen LogP contribution in [0, 0.1) is 21.7 Å². The Balaban J connectivity index is 3.20. The molecule has 1 aromatic carbocycles. The van der Waals surface area contributed by atoms with Crippen LogP contribution in [0.2, 0.25) is 0 Å². The molecule has 0 saturated heterocycles. The number of nitrogens with two attached hydrogens (primary N) is 1. The predicted octanol–water partition coefficient (Wildman–Crippen LogP) is 0.745. The van der Waals surface area contributed by atoms with Crippen LogP contribution in [-0.4, -0.2) is 32.4 Å². The third kappa shape index (κ3) is 4.09. The molecule has 118 valence electrons. The zero-order valence-electron chi connectivity index (χ0n) is 10.1. The number of halogens is 4. The highest BCUT2D eigenvalue weighted by Crippen LogP contribution is 2.25. The molecule has 21 heavy (non-hydrogen) atoms. The molecule has 1 rings (SSSR count). The van der Waals surface area contributed by atoms with E-state index < -0.39 is 56.2 Å². The molecule has 12 heteroatoms. The average Bonchev–Trinajstić information content (AvgIpc) is 2.36. The summed E-state index contributed by atoms with van der Waals surface area (Å²) in [7, 11) is -4.84. The Morgan fingerprint density at radius 1 is 1.29 bits per heavy atom. The lowest BCUT2D eigenvalue weighted by Gasteiger charge is -2.15. The van der Waals surface area contributed by atoms with Gasteiger partial charge in [0.25, 0.3) is 5.92 Å². The van der Waals surface area contributed by atoms with Crippen LogP contribution in [0.4, 0.5) is 23.2 Å². The van der Waals surface area contributed by atoms with Gasteiger partial charge in [0.2, 0.25) is 15.8 Å². The largest absolute Gasteiger partial charge is 0.325 e. The molecule has 0 radical (unpaired) electrons. The van der Waals surface area contributed by atoms with Gasteiger partial charge in [0, 0.05) is 12.1 Å². The van der Waals surface area contributed by atoms with E-state index in [1.54, 1.807) is 0 Å². The van der Waals surface area contributed by atoms with Crippen molar-refractivity contribution in [2.24, 2.45) is 5.73 Å². The molecule has 0 spiro atoms. The lowest BCUT2D eigenvalue weighted by atomic mass is 10.3. The van der Waals surface area contributed by atoms with Gasteiger partial charge in [-0.3, -0.25) is 10.1 Å². The standard InChI is InChI=1S/C9H9F4N3O4S/c10-5-1-6(11)8(2-7(5)16(17)18)21(19,20)15-4-9(12,13)3-14/h1-2,15H,3-4,14H2. The van der Waals surface area contributed by atoms with Crippen LogP contribution in [0.25, 0.3) is 0 Å². The van der Waals surface area contributed by atoms with Crippen LogP contribution in [0.1, 0.15) is 0 Å². The van der Waals surface area contributed by atoms with E-state index in [0.29, 0.717) is 0 Å². The minimum absolute atomic E-state index is 0.0201. The molecule has 0 fully saturated rings. The number of nitro benzene ring substituents is 1. The number of nitrogens with zero attached hydrogens (tertiary/aromatic N) is 1. The highest BCUT2D eigenvalue weighted by Gasteiger charge is 2.32. The summed E-state index contributed by atoms with van der Waals surface area (Å²) in [6, 6.07) is 0.0847.